The van der Waals surface area contributed by atoms with Crippen LogP contribution in [0.5, 0.6) is 0 Å². The van der Waals surface area contributed by atoms with Crippen LogP contribution in [0.25, 0.3) is 0 Å². The first-order chi connectivity index (χ1) is 4.72. The normalized spacial score (nSPS) is 16.8. The number of hydrogen-bond donors (Lipinski definition) is 3. The van der Waals surface area contributed by atoms with Crippen LogP contribution in [0.3, 0.4) is 0 Å². The molecule has 0 aliphatic heterocycles. The lowest BCUT2D eigenvalue weighted by Crippen LogP contribution is -2.29. The first kappa shape index (κ1) is 9.84. The van der Waals surface area contributed by atoms with E-state index in [2.05, 4.69) is 0 Å². The Morgan fingerprint density at radius 3 is 2.20 bits per heavy atom. The highest BCUT2D eigenvalue weighted by Crippen LogP contribution is 2.00. The Labute approximate surface area is 59.7 Å². The minimum Gasteiger partial charge on any atom is -0.394 e. The Morgan fingerprint density at radius 1 is 1.20 bits per heavy atom. The molecule has 2 unspecified atom stereocenters. The second-order valence-corrected chi connectivity index (χ2v) is 2.16. The molecular formula is C6H13O4. The summed E-state index contributed by atoms with van der Waals surface area (Å²) in [7, 11) is 0. The molecule has 3 N–H and O–H groups in total. The van der Waals surface area contributed by atoms with E-state index in [4.69, 9.17) is 15.3 Å². The van der Waals surface area contributed by atoms with Crippen LogP contribution in [0.1, 0.15) is 12.8 Å². The van der Waals surface area contributed by atoms with Crippen LogP contribution in [-0.2, 0) is 5.11 Å². The highest BCUT2D eigenvalue weighted by atomic mass is 16.4. The van der Waals surface area contributed by atoms with Gasteiger partial charge in [0.15, 0.2) is 0 Å². The van der Waals surface area contributed by atoms with Gasteiger partial charge in [-0.15, -0.1) is 0 Å². The van der Waals surface area contributed by atoms with Gasteiger partial charge in [-0.05, 0) is 12.8 Å². The standard InChI is InChI=1S/C6H13O4/c7-3-1-2-5(9)6(10)4-8/h5-6,8-10H,1-4H2. The van der Waals surface area contributed by atoms with Gasteiger partial charge in [0.05, 0.1) is 19.3 Å². The van der Waals surface area contributed by atoms with Crippen molar-refractivity contribution in [3.05, 3.63) is 0 Å². The van der Waals surface area contributed by atoms with Crippen molar-refractivity contribution in [2.75, 3.05) is 13.2 Å². The van der Waals surface area contributed by atoms with Crippen LogP contribution < -0.4 is 0 Å². The molecular weight excluding hydrogens is 136 g/mol. The van der Waals surface area contributed by atoms with Crippen LogP contribution in [0.15, 0.2) is 0 Å². The molecule has 0 aromatic rings. The summed E-state index contributed by atoms with van der Waals surface area (Å²) in [6.45, 7) is -0.713. The summed E-state index contributed by atoms with van der Waals surface area (Å²) in [5, 5.41) is 35.9. The van der Waals surface area contributed by atoms with Gasteiger partial charge in [0.25, 0.3) is 0 Å². The van der Waals surface area contributed by atoms with Crippen molar-refractivity contribution in [1.82, 2.24) is 0 Å². The highest BCUT2D eigenvalue weighted by molar-refractivity contribution is 4.64. The Hall–Kier alpha value is -0.160. The monoisotopic (exact) mass is 149 g/mol. The molecule has 0 amide bonds. The van der Waals surface area contributed by atoms with E-state index >= 15 is 0 Å². The zero-order valence-corrected chi connectivity index (χ0v) is 5.73. The molecule has 4 heteroatoms. The van der Waals surface area contributed by atoms with Crippen molar-refractivity contribution in [2.24, 2.45) is 0 Å². The van der Waals surface area contributed by atoms with Gasteiger partial charge in [-0.1, -0.05) is 0 Å². The van der Waals surface area contributed by atoms with Gasteiger partial charge in [-0.2, -0.15) is 0 Å². The van der Waals surface area contributed by atoms with Gasteiger partial charge in [-0.3, -0.25) is 0 Å². The highest BCUT2D eigenvalue weighted by Gasteiger charge is 2.13. The van der Waals surface area contributed by atoms with E-state index in [0.717, 1.165) is 0 Å². The number of rotatable bonds is 5. The lowest BCUT2D eigenvalue weighted by Gasteiger charge is -2.13. The van der Waals surface area contributed by atoms with E-state index in [1.807, 2.05) is 0 Å². The third-order valence-electron chi connectivity index (χ3n) is 1.28. The van der Waals surface area contributed by atoms with Gasteiger partial charge in [0.2, 0.25) is 0 Å². The SMILES string of the molecule is [O]CCCC(O)C(O)CO. The Bertz CT molecular complexity index is 76.1. The first-order valence-electron chi connectivity index (χ1n) is 3.27. The van der Waals surface area contributed by atoms with Crippen LogP contribution in [0.2, 0.25) is 0 Å². The molecule has 0 heterocycles. The summed E-state index contributed by atoms with van der Waals surface area (Å²) in [5.74, 6) is 0. The van der Waals surface area contributed by atoms with Crippen molar-refractivity contribution in [3.8, 4) is 0 Å². The van der Waals surface area contributed by atoms with Gasteiger partial charge >= 0.3 is 0 Å². The second kappa shape index (κ2) is 5.61. The minimum atomic E-state index is -1.11. The second-order valence-electron chi connectivity index (χ2n) is 2.16. The third kappa shape index (κ3) is 3.79. The molecule has 0 saturated heterocycles. The molecule has 1 radical (unpaired) electrons. The maximum Gasteiger partial charge on any atom is 0.103 e. The first-order valence-corrected chi connectivity index (χ1v) is 3.27. The molecule has 2 atom stereocenters. The fourth-order valence-electron chi connectivity index (χ4n) is 0.607. The predicted octanol–water partition coefficient (Wildman–Crippen LogP) is -1.09. The maximum absolute atomic E-state index is 9.89. The third-order valence-corrected chi connectivity index (χ3v) is 1.28. The molecule has 10 heavy (non-hydrogen) atoms. The van der Waals surface area contributed by atoms with E-state index in [1.54, 1.807) is 0 Å². The fourth-order valence-corrected chi connectivity index (χ4v) is 0.607. The van der Waals surface area contributed by atoms with Gasteiger partial charge in [-0.25, -0.2) is 5.11 Å². The summed E-state index contributed by atoms with van der Waals surface area (Å²) < 4.78 is 0. The molecule has 4 nitrogen and oxygen atoms in total. The van der Waals surface area contributed by atoms with Crippen molar-refractivity contribution in [1.29, 1.82) is 0 Å². The molecule has 0 aromatic carbocycles. The quantitative estimate of drug-likeness (QED) is 0.464. The van der Waals surface area contributed by atoms with Gasteiger partial charge in [0, 0.05) is 0 Å². The molecule has 0 rings (SSSR count). The smallest absolute Gasteiger partial charge is 0.103 e. The predicted molar refractivity (Wildman–Crippen MR) is 33.9 cm³/mol. The minimum absolute atomic E-state index is 0.255. The van der Waals surface area contributed by atoms with Crippen molar-refractivity contribution < 1.29 is 20.4 Å². The Balaban J connectivity index is 3.31. The fraction of sp³-hybridized carbons (Fsp3) is 1.00. The van der Waals surface area contributed by atoms with Crippen LogP contribution in [0, 0.1) is 0 Å². The lowest BCUT2D eigenvalue weighted by molar-refractivity contribution is -0.0211. The molecule has 0 fully saturated rings. The summed E-state index contributed by atoms with van der Waals surface area (Å²) >= 11 is 0. The van der Waals surface area contributed by atoms with Crippen molar-refractivity contribution in [2.45, 2.75) is 25.0 Å². The molecule has 0 aliphatic rings. The molecule has 0 saturated carbocycles. The maximum atomic E-state index is 9.89. The van der Waals surface area contributed by atoms with E-state index in [9.17, 15) is 5.11 Å². The van der Waals surface area contributed by atoms with E-state index in [-0.39, 0.29) is 13.0 Å². The van der Waals surface area contributed by atoms with Gasteiger partial charge < -0.3 is 15.3 Å². The summed E-state index contributed by atoms with van der Waals surface area (Å²) in [4.78, 5) is 0. The van der Waals surface area contributed by atoms with Crippen LogP contribution >= 0.6 is 0 Å². The topological polar surface area (TPSA) is 80.6 Å². The zero-order chi connectivity index (χ0) is 7.98. The average Bonchev–Trinajstić information content (AvgIpc) is 1.98. The van der Waals surface area contributed by atoms with E-state index in [0.29, 0.717) is 6.42 Å². The van der Waals surface area contributed by atoms with E-state index < -0.39 is 18.8 Å². The van der Waals surface area contributed by atoms with Crippen molar-refractivity contribution >= 4 is 0 Å². The number of aliphatic hydroxyl groups is 3. The van der Waals surface area contributed by atoms with Crippen LogP contribution in [-0.4, -0.2) is 40.7 Å². The summed E-state index contributed by atoms with van der Waals surface area (Å²) in [5.41, 5.74) is 0. The average molecular weight is 149 g/mol. The Kier molecular flexibility index (Phi) is 5.52. The summed E-state index contributed by atoms with van der Waals surface area (Å²) in [6.07, 6.45) is -1.48. The van der Waals surface area contributed by atoms with Gasteiger partial charge in [0.1, 0.15) is 6.10 Å². The zero-order valence-electron chi connectivity index (χ0n) is 5.73. The molecule has 61 valence electrons. The summed E-state index contributed by atoms with van der Waals surface area (Å²) in [6, 6.07) is 0. The molecule has 0 aromatic heterocycles. The number of aliphatic hydroxyl groups excluding tert-OH is 3. The van der Waals surface area contributed by atoms with Crippen molar-refractivity contribution in [3.63, 3.8) is 0 Å². The van der Waals surface area contributed by atoms with E-state index in [1.165, 1.54) is 0 Å². The molecule has 0 bridgehead atoms. The number of hydrogen-bond acceptors (Lipinski definition) is 3. The largest absolute Gasteiger partial charge is 0.394 e. The molecule has 0 spiro atoms. The Morgan fingerprint density at radius 2 is 1.80 bits per heavy atom. The lowest BCUT2D eigenvalue weighted by atomic mass is 10.1. The van der Waals surface area contributed by atoms with Crippen LogP contribution in [0.4, 0.5) is 0 Å². The molecule has 0 aliphatic carbocycles.